The summed E-state index contributed by atoms with van der Waals surface area (Å²) in [6.07, 6.45) is 1.51. The Morgan fingerprint density at radius 3 is 2.42 bits per heavy atom. The van der Waals surface area contributed by atoms with Crippen LogP contribution in [0.3, 0.4) is 0 Å². The van der Waals surface area contributed by atoms with E-state index in [1.54, 1.807) is 11.0 Å². The highest BCUT2D eigenvalue weighted by Gasteiger charge is 2.25. The second-order valence-electron chi connectivity index (χ2n) is 6.00. The van der Waals surface area contributed by atoms with Crippen molar-refractivity contribution in [2.45, 2.75) is 13.0 Å². The quantitative estimate of drug-likeness (QED) is 0.930. The van der Waals surface area contributed by atoms with Crippen LogP contribution in [0.25, 0.3) is 0 Å². The first-order valence-electron chi connectivity index (χ1n) is 8.02. The number of H-pyrrole nitrogens is 1. The van der Waals surface area contributed by atoms with Crippen molar-refractivity contribution in [3.05, 3.63) is 69.1 Å². The van der Waals surface area contributed by atoms with Crippen molar-refractivity contribution in [2.24, 2.45) is 0 Å². The molecular formula is C18H20ClN3O2. The van der Waals surface area contributed by atoms with Crippen LogP contribution in [0.1, 0.15) is 28.9 Å². The molecule has 0 saturated carbocycles. The molecule has 6 heteroatoms. The highest BCUT2D eigenvalue weighted by atomic mass is 35.5. The summed E-state index contributed by atoms with van der Waals surface area (Å²) < 4.78 is 0. The van der Waals surface area contributed by atoms with Gasteiger partial charge >= 0.3 is 0 Å². The van der Waals surface area contributed by atoms with Gasteiger partial charge < -0.3 is 9.88 Å². The van der Waals surface area contributed by atoms with Crippen molar-refractivity contribution in [2.75, 3.05) is 26.2 Å². The highest BCUT2D eigenvalue weighted by Crippen LogP contribution is 2.23. The molecule has 5 nitrogen and oxygen atoms in total. The maximum atomic E-state index is 12.5. The fourth-order valence-corrected chi connectivity index (χ4v) is 3.15. The summed E-state index contributed by atoms with van der Waals surface area (Å²) in [7, 11) is 0. The molecule has 1 saturated heterocycles. The number of halogens is 1. The molecule has 1 aliphatic heterocycles. The van der Waals surface area contributed by atoms with Crippen molar-refractivity contribution in [3.8, 4) is 0 Å². The number of hydrogen-bond donors (Lipinski definition) is 1. The summed E-state index contributed by atoms with van der Waals surface area (Å²) in [5, 5.41) is 0.735. The minimum atomic E-state index is -0.254. The number of carbonyl (C=O) groups excluding carboxylic acids is 1. The first-order valence-corrected chi connectivity index (χ1v) is 8.40. The van der Waals surface area contributed by atoms with Gasteiger partial charge in [-0.2, -0.15) is 0 Å². The zero-order valence-corrected chi connectivity index (χ0v) is 14.3. The monoisotopic (exact) mass is 345 g/mol. The molecule has 2 heterocycles. The highest BCUT2D eigenvalue weighted by molar-refractivity contribution is 6.30. The second-order valence-corrected chi connectivity index (χ2v) is 6.43. The lowest BCUT2D eigenvalue weighted by Gasteiger charge is -2.38. The van der Waals surface area contributed by atoms with Gasteiger partial charge in [0, 0.05) is 55.1 Å². The molecule has 1 aromatic heterocycles. The molecule has 24 heavy (non-hydrogen) atoms. The fraction of sp³-hybridized carbons (Fsp3) is 0.333. The van der Waals surface area contributed by atoms with Gasteiger partial charge in [0.2, 0.25) is 5.56 Å². The number of pyridine rings is 1. The molecular weight excluding hydrogens is 326 g/mol. The van der Waals surface area contributed by atoms with Crippen LogP contribution in [0.5, 0.6) is 0 Å². The van der Waals surface area contributed by atoms with E-state index in [4.69, 9.17) is 11.6 Å². The van der Waals surface area contributed by atoms with Gasteiger partial charge in [0.15, 0.2) is 0 Å². The lowest BCUT2D eigenvalue weighted by molar-refractivity contribution is 0.0582. The number of nitrogens with zero attached hydrogens (tertiary/aromatic N) is 2. The Balaban J connectivity index is 1.62. The molecule has 0 unspecified atom stereocenters. The van der Waals surface area contributed by atoms with Crippen LogP contribution in [-0.4, -0.2) is 46.9 Å². The van der Waals surface area contributed by atoms with E-state index in [0.717, 1.165) is 18.1 Å². The molecule has 126 valence electrons. The SMILES string of the molecule is C[C@H](c1ccc(Cl)cc1)N1CCN(C(=O)c2cc[nH]c(=O)c2)CC1. The lowest BCUT2D eigenvalue weighted by atomic mass is 10.1. The van der Waals surface area contributed by atoms with E-state index < -0.39 is 0 Å². The van der Waals surface area contributed by atoms with Crippen LogP contribution in [0.2, 0.25) is 5.02 Å². The van der Waals surface area contributed by atoms with E-state index in [1.165, 1.54) is 17.8 Å². The molecule has 1 aliphatic rings. The number of benzene rings is 1. The molecule has 1 atom stereocenters. The third-order valence-electron chi connectivity index (χ3n) is 4.52. The van der Waals surface area contributed by atoms with Gasteiger partial charge in [-0.05, 0) is 30.7 Å². The first kappa shape index (κ1) is 16.7. The molecule has 0 aliphatic carbocycles. The molecule has 3 rings (SSSR count). The van der Waals surface area contributed by atoms with E-state index in [1.807, 2.05) is 24.3 Å². The third-order valence-corrected chi connectivity index (χ3v) is 4.78. The molecule has 0 radical (unpaired) electrons. The standard InChI is InChI=1S/C18H20ClN3O2/c1-13(14-2-4-16(19)5-3-14)21-8-10-22(11-9-21)18(24)15-6-7-20-17(23)12-15/h2-7,12-13H,8-11H2,1H3,(H,20,23)/t13-/m1/s1. The number of nitrogens with one attached hydrogen (secondary N) is 1. The Labute approximate surface area is 145 Å². The van der Waals surface area contributed by atoms with Crippen LogP contribution in [0, 0.1) is 0 Å². The van der Waals surface area contributed by atoms with Crippen molar-refractivity contribution >= 4 is 17.5 Å². The molecule has 0 bridgehead atoms. The summed E-state index contributed by atoms with van der Waals surface area (Å²) >= 11 is 5.94. The number of aromatic nitrogens is 1. The molecule has 1 fully saturated rings. The van der Waals surface area contributed by atoms with Gasteiger partial charge in [0.25, 0.3) is 5.91 Å². The number of piperazine rings is 1. The van der Waals surface area contributed by atoms with Gasteiger partial charge in [0.1, 0.15) is 0 Å². The third kappa shape index (κ3) is 3.68. The Morgan fingerprint density at radius 2 is 1.79 bits per heavy atom. The zero-order chi connectivity index (χ0) is 17.1. The molecule has 2 aromatic rings. The van der Waals surface area contributed by atoms with E-state index >= 15 is 0 Å². The Morgan fingerprint density at radius 1 is 1.12 bits per heavy atom. The number of carbonyl (C=O) groups is 1. The summed E-state index contributed by atoms with van der Waals surface area (Å²) in [4.78, 5) is 30.5. The number of hydrogen-bond acceptors (Lipinski definition) is 3. The molecule has 1 aromatic carbocycles. The van der Waals surface area contributed by atoms with E-state index in [0.29, 0.717) is 18.7 Å². The van der Waals surface area contributed by atoms with Crippen molar-refractivity contribution in [3.63, 3.8) is 0 Å². The summed E-state index contributed by atoms with van der Waals surface area (Å²) in [5.74, 6) is -0.0834. The van der Waals surface area contributed by atoms with Crippen LogP contribution in [0.15, 0.2) is 47.4 Å². The van der Waals surface area contributed by atoms with Gasteiger partial charge in [-0.25, -0.2) is 0 Å². The topological polar surface area (TPSA) is 56.4 Å². The summed E-state index contributed by atoms with van der Waals surface area (Å²) in [6, 6.07) is 11.2. The molecule has 1 amide bonds. The van der Waals surface area contributed by atoms with Crippen LogP contribution < -0.4 is 5.56 Å². The fourth-order valence-electron chi connectivity index (χ4n) is 3.02. The van der Waals surface area contributed by atoms with E-state index in [-0.39, 0.29) is 17.5 Å². The Kier molecular flexibility index (Phi) is 5.02. The van der Waals surface area contributed by atoms with E-state index in [9.17, 15) is 9.59 Å². The summed E-state index contributed by atoms with van der Waals surface area (Å²) in [6.45, 7) is 5.09. The van der Waals surface area contributed by atoms with Crippen LogP contribution >= 0.6 is 11.6 Å². The summed E-state index contributed by atoms with van der Waals surface area (Å²) in [5.41, 5.74) is 1.41. The van der Waals surface area contributed by atoms with Crippen molar-refractivity contribution in [1.82, 2.24) is 14.8 Å². The van der Waals surface area contributed by atoms with E-state index in [2.05, 4.69) is 16.8 Å². The van der Waals surface area contributed by atoms with Gasteiger partial charge in [-0.1, -0.05) is 23.7 Å². The Bertz CT molecular complexity index is 764. The second kappa shape index (κ2) is 7.20. The smallest absolute Gasteiger partial charge is 0.254 e. The Hall–Kier alpha value is -2.11. The maximum Gasteiger partial charge on any atom is 0.254 e. The predicted octanol–water partition coefficient (Wildman–Crippen LogP) is 2.55. The van der Waals surface area contributed by atoms with Crippen LogP contribution in [0.4, 0.5) is 0 Å². The van der Waals surface area contributed by atoms with Gasteiger partial charge in [-0.3, -0.25) is 14.5 Å². The number of rotatable bonds is 3. The average molecular weight is 346 g/mol. The molecule has 0 spiro atoms. The maximum absolute atomic E-state index is 12.5. The largest absolute Gasteiger partial charge is 0.336 e. The van der Waals surface area contributed by atoms with Gasteiger partial charge in [0.05, 0.1) is 0 Å². The normalized spacial score (nSPS) is 16.8. The average Bonchev–Trinajstić information content (AvgIpc) is 2.61. The van der Waals surface area contributed by atoms with Crippen molar-refractivity contribution in [1.29, 1.82) is 0 Å². The molecule has 1 N–H and O–H groups in total. The lowest BCUT2D eigenvalue weighted by Crippen LogP contribution is -2.49. The first-order chi connectivity index (χ1) is 11.5. The number of amides is 1. The van der Waals surface area contributed by atoms with Gasteiger partial charge in [-0.15, -0.1) is 0 Å². The minimum absolute atomic E-state index is 0.0834. The van der Waals surface area contributed by atoms with Crippen LogP contribution in [-0.2, 0) is 0 Å². The minimum Gasteiger partial charge on any atom is -0.336 e. The van der Waals surface area contributed by atoms with Crippen molar-refractivity contribution < 1.29 is 4.79 Å². The zero-order valence-electron chi connectivity index (χ0n) is 13.5. The number of aromatic amines is 1. The predicted molar refractivity (Wildman–Crippen MR) is 94.4 cm³/mol.